The van der Waals surface area contributed by atoms with E-state index in [4.69, 9.17) is 33.2 Å². The van der Waals surface area contributed by atoms with Crippen LogP contribution >= 0.6 is 33.2 Å². The molecule has 0 aromatic rings. The highest BCUT2D eigenvalue weighted by Gasteiger charge is 1.85. The van der Waals surface area contributed by atoms with Gasteiger partial charge in [-0.15, -0.1) is 33.2 Å². The normalized spacial score (nSPS) is 8.67. The Morgan fingerprint density at radius 2 is 1.22 bits per heavy atom. The first kappa shape index (κ1) is 12.7. The van der Waals surface area contributed by atoms with Crippen molar-refractivity contribution in [3.63, 3.8) is 0 Å². The van der Waals surface area contributed by atoms with Crippen molar-refractivity contribution in [3.8, 4) is 0 Å². The minimum absolute atomic E-state index is 1.34. The van der Waals surface area contributed by atoms with E-state index >= 15 is 0 Å². The molecule has 0 unspecified atom stereocenters. The van der Waals surface area contributed by atoms with Gasteiger partial charge in [-0.3, -0.25) is 0 Å². The smallest absolute Gasteiger partial charge is 0.130 e. The molecule has 0 N–H and O–H groups in total. The van der Waals surface area contributed by atoms with E-state index in [1.165, 1.54) is 19.3 Å². The summed E-state index contributed by atoms with van der Waals surface area (Å²) in [6.07, 6.45) is 4.08. The summed E-state index contributed by atoms with van der Waals surface area (Å²) >= 11 is 14.8. The lowest BCUT2D eigenvalue weighted by molar-refractivity contribution is 0.772. The second-order valence-corrected chi connectivity index (χ2v) is 8.03. The topological polar surface area (TPSA) is 0 Å². The van der Waals surface area contributed by atoms with Crippen LogP contribution in [0.2, 0.25) is 0 Å². The molecule has 0 nitrogen and oxygen atoms in total. The van der Waals surface area contributed by atoms with E-state index < -0.39 is 6.73 Å². The third kappa shape index (κ3) is 47.9. The summed E-state index contributed by atoms with van der Waals surface area (Å²) in [5, 5.41) is 0. The van der Waals surface area contributed by atoms with Crippen LogP contribution < -0.4 is 0 Å². The Hall–Kier alpha value is 1.09. The molecule has 58 valence electrons. The molecule has 0 radical (unpaired) electrons. The zero-order valence-electron chi connectivity index (χ0n) is 5.83. The van der Waals surface area contributed by atoms with Crippen LogP contribution in [-0.2, 0) is 0 Å². The predicted molar refractivity (Wildman–Crippen MR) is 49.9 cm³/mol. The van der Waals surface area contributed by atoms with Crippen LogP contribution in [0.15, 0.2) is 0 Å². The largest absolute Gasteiger partial charge is 0.326 e. The van der Waals surface area contributed by atoms with Gasteiger partial charge in [-0.05, 0) is 0 Å². The van der Waals surface area contributed by atoms with E-state index in [9.17, 15) is 0 Å². The molecular weight excluding hydrogens is 194 g/mol. The van der Waals surface area contributed by atoms with E-state index in [1.54, 1.807) is 0 Å². The minimum atomic E-state index is -1.72. The predicted octanol–water partition coefficient (Wildman–Crippen LogP) is 3.62. The van der Waals surface area contributed by atoms with Crippen molar-refractivity contribution in [2.75, 3.05) is 0 Å². The number of hydrogen-bond acceptors (Lipinski definition) is 0. The molecule has 0 aromatic carbocycles. The van der Waals surface area contributed by atoms with E-state index in [2.05, 4.69) is 13.8 Å². The highest BCUT2D eigenvalue weighted by Crippen LogP contribution is 1.97. The van der Waals surface area contributed by atoms with Crippen LogP contribution in [0, 0.1) is 0 Å². The van der Waals surface area contributed by atoms with Gasteiger partial charge in [-0.1, -0.05) is 33.1 Å². The van der Waals surface area contributed by atoms with Crippen LogP contribution in [0.1, 0.15) is 33.1 Å². The molecule has 0 saturated carbocycles. The van der Waals surface area contributed by atoms with Gasteiger partial charge >= 0.3 is 6.73 Å². The molecule has 0 saturated heterocycles. The van der Waals surface area contributed by atoms with Gasteiger partial charge in [0.25, 0.3) is 0 Å². The van der Waals surface area contributed by atoms with Gasteiger partial charge in [-0.25, -0.2) is 0 Å². The molecule has 0 aromatic heterocycles. The maximum absolute atomic E-state index is 4.94. The van der Waals surface area contributed by atoms with Crippen molar-refractivity contribution >= 4 is 40.0 Å². The third-order valence-corrected chi connectivity index (χ3v) is 0.707. The highest BCUT2D eigenvalue weighted by molar-refractivity contribution is 7.54. The highest BCUT2D eigenvalue weighted by atomic mass is 35.8. The Kier molecular flexibility index (Phi) is 16.7. The molecule has 0 aliphatic heterocycles. The molecule has 0 amide bonds. The summed E-state index contributed by atoms with van der Waals surface area (Å²) in [6.45, 7) is 2.70. The molecule has 0 heterocycles. The van der Waals surface area contributed by atoms with Gasteiger partial charge in [0.2, 0.25) is 0 Å². The van der Waals surface area contributed by atoms with Gasteiger partial charge in [0.1, 0.15) is 0 Å². The minimum Gasteiger partial charge on any atom is -0.130 e. The maximum atomic E-state index is 4.94. The first-order valence-corrected chi connectivity index (χ1v) is 8.31. The molecule has 0 rings (SSSR count). The van der Waals surface area contributed by atoms with E-state index in [0.29, 0.717) is 0 Å². The fourth-order valence-electron chi connectivity index (χ4n) is 0.354. The zero-order valence-corrected chi connectivity index (χ0v) is 9.26. The second kappa shape index (κ2) is 11.8. The summed E-state index contributed by atoms with van der Waals surface area (Å²) in [4.78, 5) is 0. The summed E-state index contributed by atoms with van der Waals surface area (Å²) < 4.78 is 0. The van der Waals surface area contributed by atoms with Crippen molar-refractivity contribution in [1.29, 1.82) is 0 Å². The van der Waals surface area contributed by atoms with Crippen LogP contribution in [0.25, 0.3) is 0 Å². The molecule has 0 aliphatic carbocycles. The van der Waals surface area contributed by atoms with Crippen molar-refractivity contribution in [3.05, 3.63) is 0 Å². The van der Waals surface area contributed by atoms with Crippen LogP contribution in [-0.4, -0.2) is 6.73 Å². The molecule has 4 heteroatoms. The molecule has 0 fully saturated rings. The lowest BCUT2D eigenvalue weighted by Crippen LogP contribution is -1.66. The van der Waals surface area contributed by atoms with Gasteiger partial charge in [-0.2, -0.15) is 0 Å². The monoisotopic (exact) mass is 206 g/mol. The van der Waals surface area contributed by atoms with Gasteiger partial charge < -0.3 is 0 Å². The number of rotatable bonds is 2. The van der Waals surface area contributed by atoms with E-state index in [1.807, 2.05) is 0 Å². The van der Waals surface area contributed by atoms with Gasteiger partial charge in [0, 0.05) is 0 Å². The SMILES string of the molecule is CCCCC.Cl[SiH](Cl)Cl. The fourth-order valence-corrected chi connectivity index (χ4v) is 0.354. The summed E-state index contributed by atoms with van der Waals surface area (Å²) in [7, 11) is 0. The lowest BCUT2D eigenvalue weighted by Gasteiger charge is -1.79. The molecule has 9 heavy (non-hydrogen) atoms. The average molecular weight is 208 g/mol. The Balaban J connectivity index is 0. The van der Waals surface area contributed by atoms with Crippen molar-refractivity contribution < 1.29 is 0 Å². The summed E-state index contributed by atoms with van der Waals surface area (Å²) in [5.41, 5.74) is 0. The van der Waals surface area contributed by atoms with Crippen LogP contribution in [0.3, 0.4) is 0 Å². The number of halogens is 3. The molecular formula is C5H13Cl3Si. The fraction of sp³-hybridized carbons (Fsp3) is 1.00. The molecule has 0 bridgehead atoms. The first-order valence-electron chi connectivity index (χ1n) is 3.07. The summed E-state index contributed by atoms with van der Waals surface area (Å²) in [5.74, 6) is 0. The van der Waals surface area contributed by atoms with Crippen molar-refractivity contribution in [2.24, 2.45) is 0 Å². The van der Waals surface area contributed by atoms with Crippen LogP contribution in [0.5, 0.6) is 0 Å². The van der Waals surface area contributed by atoms with E-state index in [0.717, 1.165) is 0 Å². The van der Waals surface area contributed by atoms with Crippen molar-refractivity contribution in [1.82, 2.24) is 0 Å². The summed E-state index contributed by atoms with van der Waals surface area (Å²) in [6, 6.07) is 0. The van der Waals surface area contributed by atoms with Gasteiger partial charge in [0.15, 0.2) is 0 Å². The molecule has 0 atom stereocenters. The Morgan fingerprint density at radius 1 is 1.00 bits per heavy atom. The molecule has 0 spiro atoms. The number of hydrogen-bond donors (Lipinski definition) is 0. The third-order valence-electron chi connectivity index (χ3n) is 0.707. The maximum Gasteiger partial charge on any atom is 0.326 e. The average Bonchev–Trinajstić information content (AvgIpc) is 1.66. The Bertz CT molecular complexity index is 36.4. The van der Waals surface area contributed by atoms with Gasteiger partial charge in [0.05, 0.1) is 0 Å². The zero-order chi connectivity index (χ0) is 7.70. The second-order valence-electron chi connectivity index (χ2n) is 1.60. The van der Waals surface area contributed by atoms with Crippen LogP contribution in [0.4, 0.5) is 0 Å². The quantitative estimate of drug-likeness (QED) is 0.479. The number of unbranched alkanes of at least 4 members (excludes halogenated alkanes) is 2. The Morgan fingerprint density at radius 3 is 1.22 bits per heavy atom. The van der Waals surface area contributed by atoms with Crippen molar-refractivity contribution in [2.45, 2.75) is 33.1 Å². The first-order chi connectivity index (χ1) is 4.15. The van der Waals surface area contributed by atoms with E-state index in [-0.39, 0.29) is 0 Å². The Labute approximate surface area is 73.2 Å². The lowest BCUT2D eigenvalue weighted by atomic mass is 10.3. The standard InChI is InChI=1S/C5H12.Cl3HSi/c1-3-5-4-2;1-4(2)3/h3-5H2,1-2H3;4H. The molecule has 0 aliphatic rings.